The Balaban J connectivity index is 2.04. The predicted molar refractivity (Wildman–Crippen MR) is 64.5 cm³/mol. The first-order valence-electron chi connectivity index (χ1n) is 5.91. The lowest BCUT2D eigenvalue weighted by molar-refractivity contribution is 0.201. The number of carbonyl (C=O) groups is 1. The van der Waals surface area contributed by atoms with Gasteiger partial charge in [-0.25, -0.2) is 4.79 Å². The first kappa shape index (κ1) is 11.0. The van der Waals surface area contributed by atoms with Crippen LogP contribution in [0.15, 0.2) is 24.3 Å². The summed E-state index contributed by atoms with van der Waals surface area (Å²) in [6.45, 7) is 4.29. The van der Waals surface area contributed by atoms with Crippen LogP contribution in [0.4, 0.5) is 4.79 Å². The van der Waals surface area contributed by atoms with E-state index in [2.05, 4.69) is 29.6 Å². The third-order valence-corrected chi connectivity index (χ3v) is 3.04. The maximum atomic E-state index is 11.7. The summed E-state index contributed by atoms with van der Waals surface area (Å²) in [6, 6.07) is 8.53. The minimum Gasteiger partial charge on any atom is -0.338 e. The summed E-state index contributed by atoms with van der Waals surface area (Å²) in [5.41, 5.74) is 2.77. The van der Waals surface area contributed by atoms with Crippen LogP contribution in [-0.2, 0) is 12.8 Å². The van der Waals surface area contributed by atoms with Crippen molar-refractivity contribution in [3.05, 3.63) is 35.4 Å². The number of carbonyl (C=O) groups excluding carboxylic acids is 1. The number of hydrogen-bond acceptors (Lipinski definition) is 1. The third kappa shape index (κ3) is 2.35. The molecule has 86 valence electrons. The second-order valence-corrected chi connectivity index (χ2v) is 4.09. The minimum atomic E-state index is 0.0651. The first-order chi connectivity index (χ1) is 7.81. The summed E-state index contributed by atoms with van der Waals surface area (Å²) in [6.07, 6.45) is 1.93. The van der Waals surface area contributed by atoms with E-state index in [-0.39, 0.29) is 6.03 Å². The smallest absolute Gasteiger partial charge is 0.317 e. The molecular weight excluding hydrogens is 200 g/mol. The molecule has 0 fully saturated rings. The average Bonchev–Trinajstić information content (AvgIpc) is 2.51. The summed E-state index contributed by atoms with van der Waals surface area (Å²) in [7, 11) is 0. The van der Waals surface area contributed by atoms with Crippen LogP contribution in [0.5, 0.6) is 0 Å². The molecule has 0 radical (unpaired) electrons. The fourth-order valence-corrected chi connectivity index (χ4v) is 2.13. The molecule has 0 aliphatic carbocycles. The highest BCUT2D eigenvalue weighted by Crippen LogP contribution is 2.15. The Morgan fingerprint density at radius 1 is 1.25 bits per heavy atom. The number of benzene rings is 1. The zero-order valence-electron chi connectivity index (χ0n) is 9.70. The molecule has 2 rings (SSSR count). The number of nitrogens with one attached hydrogen (secondary N) is 1. The normalized spacial score (nSPS) is 15.2. The quantitative estimate of drug-likeness (QED) is 0.766. The van der Waals surface area contributed by atoms with Crippen molar-refractivity contribution >= 4 is 6.03 Å². The highest BCUT2D eigenvalue weighted by Gasteiger charge is 2.16. The lowest BCUT2D eigenvalue weighted by Gasteiger charge is -2.20. The van der Waals surface area contributed by atoms with Gasteiger partial charge in [-0.05, 0) is 30.9 Å². The maximum Gasteiger partial charge on any atom is 0.317 e. The van der Waals surface area contributed by atoms with Crippen molar-refractivity contribution in [2.45, 2.75) is 19.8 Å². The number of hydrogen-bond donors (Lipinski definition) is 1. The first-order valence-corrected chi connectivity index (χ1v) is 5.91. The van der Waals surface area contributed by atoms with Gasteiger partial charge in [0.15, 0.2) is 0 Å². The summed E-state index contributed by atoms with van der Waals surface area (Å²) < 4.78 is 0. The van der Waals surface area contributed by atoms with Crippen LogP contribution in [0.25, 0.3) is 0 Å². The second-order valence-electron chi connectivity index (χ2n) is 4.09. The van der Waals surface area contributed by atoms with Crippen molar-refractivity contribution in [3.63, 3.8) is 0 Å². The summed E-state index contributed by atoms with van der Waals surface area (Å²) in [5, 5.41) is 2.86. The van der Waals surface area contributed by atoms with Crippen molar-refractivity contribution in [3.8, 4) is 0 Å². The van der Waals surface area contributed by atoms with Crippen LogP contribution >= 0.6 is 0 Å². The van der Waals surface area contributed by atoms with Gasteiger partial charge >= 0.3 is 6.03 Å². The third-order valence-electron chi connectivity index (χ3n) is 3.04. The van der Waals surface area contributed by atoms with Gasteiger partial charge in [-0.1, -0.05) is 24.3 Å². The molecule has 0 saturated carbocycles. The molecule has 0 saturated heterocycles. The van der Waals surface area contributed by atoms with Gasteiger partial charge in [0.2, 0.25) is 0 Å². The zero-order chi connectivity index (χ0) is 11.4. The van der Waals surface area contributed by atoms with Crippen molar-refractivity contribution in [1.29, 1.82) is 0 Å². The van der Waals surface area contributed by atoms with Gasteiger partial charge in [0, 0.05) is 19.6 Å². The van der Waals surface area contributed by atoms with E-state index in [1.165, 1.54) is 11.1 Å². The van der Waals surface area contributed by atoms with Crippen molar-refractivity contribution in [1.82, 2.24) is 10.2 Å². The number of amides is 2. The van der Waals surface area contributed by atoms with E-state index in [1.807, 2.05) is 11.8 Å². The van der Waals surface area contributed by atoms with Crippen LogP contribution in [0.3, 0.4) is 0 Å². The lowest BCUT2D eigenvalue weighted by atomic mass is 10.0. The van der Waals surface area contributed by atoms with E-state index in [1.54, 1.807) is 0 Å². The molecule has 1 aliphatic rings. The SMILES string of the molecule is CCNC(=O)N1CCc2ccccc2CC1. The van der Waals surface area contributed by atoms with E-state index < -0.39 is 0 Å². The maximum absolute atomic E-state index is 11.7. The van der Waals surface area contributed by atoms with Gasteiger partial charge in [0.25, 0.3) is 0 Å². The molecule has 0 spiro atoms. The molecule has 1 heterocycles. The number of nitrogens with zero attached hydrogens (tertiary/aromatic N) is 1. The fraction of sp³-hybridized carbons (Fsp3) is 0.462. The molecule has 1 aromatic rings. The van der Waals surface area contributed by atoms with Crippen molar-refractivity contribution in [2.75, 3.05) is 19.6 Å². The van der Waals surface area contributed by atoms with E-state index in [4.69, 9.17) is 0 Å². The van der Waals surface area contributed by atoms with E-state index in [9.17, 15) is 4.79 Å². The van der Waals surface area contributed by atoms with Gasteiger partial charge < -0.3 is 10.2 Å². The Labute approximate surface area is 96.5 Å². The van der Waals surface area contributed by atoms with Gasteiger partial charge in [-0.15, -0.1) is 0 Å². The Morgan fingerprint density at radius 3 is 2.31 bits per heavy atom. The molecule has 16 heavy (non-hydrogen) atoms. The van der Waals surface area contributed by atoms with Crippen LogP contribution < -0.4 is 5.32 Å². The molecule has 0 unspecified atom stereocenters. The van der Waals surface area contributed by atoms with Crippen LogP contribution in [0, 0.1) is 0 Å². The fourth-order valence-electron chi connectivity index (χ4n) is 2.13. The molecule has 3 heteroatoms. The van der Waals surface area contributed by atoms with Gasteiger partial charge in [-0.2, -0.15) is 0 Å². The van der Waals surface area contributed by atoms with E-state index in [0.717, 1.165) is 25.9 Å². The molecule has 2 amide bonds. The molecule has 1 aromatic carbocycles. The largest absolute Gasteiger partial charge is 0.338 e. The Hall–Kier alpha value is -1.51. The number of rotatable bonds is 1. The summed E-state index contributed by atoms with van der Waals surface area (Å²) >= 11 is 0. The van der Waals surface area contributed by atoms with Gasteiger partial charge in [0.05, 0.1) is 0 Å². The second kappa shape index (κ2) is 5.01. The van der Waals surface area contributed by atoms with Crippen LogP contribution in [0.1, 0.15) is 18.1 Å². The molecule has 0 bridgehead atoms. The van der Waals surface area contributed by atoms with Crippen molar-refractivity contribution in [2.24, 2.45) is 0 Å². The highest BCUT2D eigenvalue weighted by atomic mass is 16.2. The highest BCUT2D eigenvalue weighted by molar-refractivity contribution is 5.74. The Bertz CT molecular complexity index is 349. The van der Waals surface area contributed by atoms with Crippen LogP contribution in [-0.4, -0.2) is 30.6 Å². The Kier molecular flexibility index (Phi) is 3.44. The number of fused-ring (bicyclic) bond motifs is 1. The number of urea groups is 1. The monoisotopic (exact) mass is 218 g/mol. The van der Waals surface area contributed by atoms with Crippen LogP contribution in [0.2, 0.25) is 0 Å². The van der Waals surface area contributed by atoms with Gasteiger partial charge in [0.1, 0.15) is 0 Å². The van der Waals surface area contributed by atoms with E-state index >= 15 is 0 Å². The average molecular weight is 218 g/mol. The Morgan fingerprint density at radius 2 is 1.81 bits per heavy atom. The summed E-state index contributed by atoms with van der Waals surface area (Å²) in [4.78, 5) is 13.6. The topological polar surface area (TPSA) is 32.3 Å². The zero-order valence-corrected chi connectivity index (χ0v) is 9.70. The molecule has 3 nitrogen and oxygen atoms in total. The standard InChI is InChI=1S/C13H18N2O/c1-2-14-13(16)15-9-7-11-5-3-4-6-12(11)8-10-15/h3-6H,2,7-10H2,1H3,(H,14,16). The molecule has 1 N–H and O–H groups in total. The minimum absolute atomic E-state index is 0.0651. The van der Waals surface area contributed by atoms with Crippen molar-refractivity contribution < 1.29 is 4.79 Å². The summed E-state index contributed by atoms with van der Waals surface area (Å²) in [5.74, 6) is 0. The predicted octanol–water partition coefficient (Wildman–Crippen LogP) is 1.82. The molecular formula is C13H18N2O. The molecule has 1 aliphatic heterocycles. The lowest BCUT2D eigenvalue weighted by Crippen LogP contribution is -2.41. The molecule has 0 aromatic heterocycles. The van der Waals surface area contributed by atoms with E-state index in [0.29, 0.717) is 6.54 Å². The molecule has 0 atom stereocenters. The van der Waals surface area contributed by atoms with Gasteiger partial charge in [-0.3, -0.25) is 0 Å².